The quantitative estimate of drug-likeness (QED) is 0.281. The maximum absolute atomic E-state index is 5.99. The van der Waals surface area contributed by atoms with E-state index in [9.17, 15) is 0 Å². The van der Waals surface area contributed by atoms with Crippen LogP contribution in [0.4, 0.5) is 0 Å². The van der Waals surface area contributed by atoms with E-state index in [0.717, 1.165) is 51.7 Å². The highest BCUT2D eigenvalue weighted by molar-refractivity contribution is 6.44. The number of ether oxygens (including phenoxy) is 2. The molecule has 0 N–H and O–H groups in total. The van der Waals surface area contributed by atoms with Crippen molar-refractivity contribution >= 4 is 9.28 Å². The molecule has 1 aliphatic heterocycles. The van der Waals surface area contributed by atoms with Gasteiger partial charge < -0.3 is 18.3 Å². The predicted molar refractivity (Wildman–Crippen MR) is 83.4 cm³/mol. The van der Waals surface area contributed by atoms with Crippen LogP contribution in [0, 0.1) is 0 Å². The maximum Gasteiger partial charge on any atom is 0.324 e. The van der Waals surface area contributed by atoms with Crippen molar-refractivity contribution in [3.63, 3.8) is 0 Å². The van der Waals surface area contributed by atoms with Crippen LogP contribution in [0.5, 0.6) is 0 Å². The molecule has 4 nitrogen and oxygen atoms in total. The maximum atomic E-state index is 5.99. The van der Waals surface area contributed by atoms with E-state index in [4.69, 9.17) is 18.3 Å². The minimum absolute atomic E-state index is 0.263. The van der Waals surface area contributed by atoms with Crippen LogP contribution in [0.3, 0.4) is 0 Å². The Labute approximate surface area is 126 Å². The molecule has 1 rings (SSSR count). The molecule has 1 fully saturated rings. The monoisotopic (exact) mass is 304 g/mol. The van der Waals surface area contributed by atoms with Crippen LogP contribution in [-0.2, 0) is 18.3 Å². The third-order valence-electron chi connectivity index (χ3n) is 3.43. The second kappa shape index (κ2) is 11.7. The zero-order valence-corrected chi connectivity index (χ0v) is 14.6. The first-order valence-electron chi connectivity index (χ1n) is 8.26. The Morgan fingerprint density at radius 2 is 1.70 bits per heavy atom. The highest BCUT2D eigenvalue weighted by atomic mass is 28.3. The van der Waals surface area contributed by atoms with Crippen LogP contribution < -0.4 is 0 Å². The van der Waals surface area contributed by atoms with E-state index in [1.165, 1.54) is 12.8 Å². The van der Waals surface area contributed by atoms with E-state index in [-0.39, 0.29) is 6.10 Å². The van der Waals surface area contributed by atoms with Gasteiger partial charge in [-0.1, -0.05) is 33.6 Å². The predicted octanol–water partition coefficient (Wildman–Crippen LogP) is 3.03. The first kappa shape index (κ1) is 18.1. The summed E-state index contributed by atoms with van der Waals surface area (Å²) in [5, 5.41) is 0. The van der Waals surface area contributed by atoms with Gasteiger partial charge >= 0.3 is 9.28 Å². The Kier molecular flexibility index (Phi) is 10.6. The van der Waals surface area contributed by atoms with E-state index < -0.39 is 9.28 Å². The van der Waals surface area contributed by atoms with Crippen molar-refractivity contribution in [1.29, 1.82) is 0 Å². The molecule has 2 atom stereocenters. The lowest BCUT2D eigenvalue weighted by atomic mass is 10.3. The van der Waals surface area contributed by atoms with Crippen molar-refractivity contribution in [1.82, 2.24) is 0 Å². The van der Waals surface area contributed by atoms with Gasteiger partial charge in [-0.2, -0.15) is 0 Å². The van der Waals surface area contributed by atoms with Gasteiger partial charge in [-0.15, -0.1) is 0 Å². The van der Waals surface area contributed by atoms with Crippen molar-refractivity contribution in [3.8, 4) is 0 Å². The van der Waals surface area contributed by atoms with Crippen LogP contribution in [0.1, 0.15) is 52.9 Å². The van der Waals surface area contributed by atoms with Crippen LogP contribution in [0.25, 0.3) is 0 Å². The minimum Gasteiger partial charge on any atom is -0.396 e. The molecule has 0 amide bonds. The van der Waals surface area contributed by atoms with Gasteiger partial charge in [0.2, 0.25) is 0 Å². The van der Waals surface area contributed by atoms with Gasteiger partial charge in [0, 0.05) is 19.3 Å². The molecule has 5 heteroatoms. The molecule has 0 aromatic carbocycles. The van der Waals surface area contributed by atoms with Crippen LogP contribution >= 0.6 is 0 Å². The lowest BCUT2D eigenvalue weighted by Crippen LogP contribution is -2.30. The smallest absolute Gasteiger partial charge is 0.324 e. The molecule has 120 valence electrons. The second-order valence-electron chi connectivity index (χ2n) is 5.43. The molecule has 1 saturated heterocycles. The van der Waals surface area contributed by atoms with Gasteiger partial charge in [0.25, 0.3) is 0 Å². The molecule has 1 heterocycles. The summed E-state index contributed by atoms with van der Waals surface area (Å²) in [5.74, 6) is 0. The zero-order valence-electron chi connectivity index (χ0n) is 13.4. The zero-order chi connectivity index (χ0) is 14.6. The highest BCUT2D eigenvalue weighted by Gasteiger charge is 2.26. The molecule has 0 aromatic rings. The van der Waals surface area contributed by atoms with Gasteiger partial charge in [0.15, 0.2) is 0 Å². The molecular formula is C15H32O4Si. The van der Waals surface area contributed by atoms with E-state index >= 15 is 0 Å². The molecule has 20 heavy (non-hydrogen) atoms. The number of hydrogen-bond acceptors (Lipinski definition) is 4. The average Bonchev–Trinajstić information content (AvgIpc) is 3.27. The van der Waals surface area contributed by atoms with E-state index in [1.807, 2.05) is 0 Å². The fraction of sp³-hybridized carbons (Fsp3) is 1.00. The van der Waals surface area contributed by atoms with Crippen molar-refractivity contribution < 1.29 is 18.3 Å². The van der Waals surface area contributed by atoms with Gasteiger partial charge in [-0.25, -0.2) is 0 Å². The molecule has 2 unspecified atom stereocenters. The van der Waals surface area contributed by atoms with E-state index in [2.05, 4.69) is 20.8 Å². The highest BCUT2D eigenvalue weighted by Crippen LogP contribution is 2.15. The summed E-state index contributed by atoms with van der Waals surface area (Å²) in [6.07, 6.45) is 6.20. The molecule has 0 aliphatic carbocycles. The summed E-state index contributed by atoms with van der Waals surface area (Å²) in [4.78, 5) is 0. The fourth-order valence-electron chi connectivity index (χ4n) is 1.88. The summed E-state index contributed by atoms with van der Waals surface area (Å²) >= 11 is 0. The van der Waals surface area contributed by atoms with Crippen molar-refractivity contribution in [3.05, 3.63) is 0 Å². The third-order valence-corrected chi connectivity index (χ3v) is 5.56. The molecule has 1 aliphatic rings. The van der Waals surface area contributed by atoms with Gasteiger partial charge in [-0.05, 0) is 19.3 Å². The first-order chi connectivity index (χ1) is 9.80. The van der Waals surface area contributed by atoms with Crippen molar-refractivity contribution in [2.75, 3.05) is 26.4 Å². The Morgan fingerprint density at radius 1 is 1.10 bits per heavy atom. The number of unbranched alkanes of at least 4 members (excludes halogenated alkanes) is 2. The summed E-state index contributed by atoms with van der Waals surface area (Å²) in [5.41, 5.74) is 0. The van der Waals surface area contributed by atoms with E-state index in [0.29, 0.717) is 6.10 Å². The van der Waals surface area contributed by atoms with E-state index in [1.54, 1.807) is 0 Å². The molecule has 0 bridgehead atoms. The number of rotatable bonds is 14. The average molecular weight is 305 g/mol. The Morgan fingerprint density at radius 3 is 2.15 bits per heavy atom. The second-order valence-corrected chi connectivity index (χ2v) is 7.43. The fourth-order valence-corrected chi connectivity index (χ4v) is 4.00. The lowest BCUT2D eigenvalue weighted by Gasteiger charge is -2.22. The number of epoxide rings is 1. The molecule has 0 saturated carbocycles. The van der Waals surface area contributed by atoms with Gasteiger partial charge in [0.05, 0.1) is 19.3 Å². The Bertz CT molecular complexity index is 214. The largest absolute Gasteiger partial charge is 0.396 e. The van der Waals surface area contributed by atoms with Crippen LogP contribution in [0.15, 0.2) is 0 Å². The molecule has 0 aromatic heterocycles. The van der Waals surface area contributed by atoms with Gasteiger partial charge in [-0.3, -0.25) is 0 Å². The first-order valence-corrected chi connectivity index (χ1v) is 10.0. The lowest BCUT2D eigenvalue weighted by molar-refractivity contribution is 0.0446. The summed E-state index contributed by atoms with van der Waals surface area (Å²) in [6.45, 7) is 9.79. The number of hydrogen-bond donors (Lipinski definition) is 0. The van der Waals surface area contributed by atoms with Crippen molar-refractivity contribution in [2.45, 2.75) is 71.1 Å². The summed E-state index contributed by atoms with van der Waals surface area (Å²) in [7, 11) is -1.58. The standard InChI is InChI=1S/C15H32O4Si/c1-4-7-9-18-20(19-10-8-5-2)13-14(6-3)16-11-15-12-17-15/h14-15,20H,4-13H2,1-3H3. The minimum atomic E-state index is -1.58. The van der Waals surface area contributed by atoms with Crippen LogP contribution in [-0.4, -0.2) is 47.9 Å². The summed E-state index contributed by atoms with van der Waals surface area (Å²) < 4.78 is 23.1. The SMILES string of the molecule is CCCCO[SiH](CC(CC)OCC1CO1)OCCCC. The molecular weight excluding hydrogens is 272 g/mol. The Hall–Kier alpha value is 0.0569. The van der Waals surface area contributed by atoms with Crippen LogP contribution in [0.2, 0.25) is 6.04 Å². The van der Waals surface area contributed by atoms with Crippen molar-refractivity contribution in [2.24, 2.45) is 0 Å². The van der Waals surface area contributed by atoms with Gasteiger partial charge in [0.1, 0.15) is 6.10 Å². The molecule has 0 spiro atoms. The molecule has 0 radical (unpaired) electrons. The topological polar surface area (TPSA) is 40.2 Å². The normalized spacial score (nSPS) is 19.5. The summed E-state index contributed by atoms with van der Waals surface area (Å²) in [6, 6.07) is 0.955. The Balaban J connectivity index is 2.25. The third kappa shape index (κ3) is 9.08.